The molecule has 1 aliphatic carbocycles. The zero-order valence-electron chi connectivity index (χ0n) is 20.0. The van der Waals surface area contributed by atoms with Gasteiger partial charge in [0.1, 0.15) is 0 Å². The van der Waals surface area contributed by atoms with E-state index in [-0.39, 0.29) is 5.91 Å². The first-order valence-corrected chi connectivity index (χ1v) is 13.1. The Morgan fingerprint density at radius 2 is 1.31 bits per heavy atom. The fraction of sp³-hybridized carbons (Fsp3) is 0.156. The van der Waals surface area contributed by atoms with Crippen LogP contribution in [0.2, 0.25) is 0 Å². The Morgan fingerprint density at radius 1 is 0.778 bits per heavy atom. The molecular weight excluding hydrogens is 508 g/mol. The van der Waals surface area contributed by atoms with Crippen LogP contribution in [0.1, 0.15) is 44.6 Å². The van der Waals surface area contributed by atoms with Gasteiger partial charge in [-0.25, -0.2) is 0 Å². The Hall–Kier alpha value is -3.47. The minimum absolute atomic E-state index is 0.359. The maximum absolute atomic E-state index is 12.2. The summed E-state index contributed by atoms with van der Waals surface area (Å²) in [6, 6.07) is 36.3. The van der Waals surface area contributed by atoms with Gasteiger partial charge in [-0.3, -0.25) is 9.69 Å². The number of fused-ring (bicyclic) bond motifs is 2. The predicted molar refractivity (Wildman–Crippen MR) is 149 cm³/mol. The number of benzene rings is 4. The number of nitrogens with two attached hydrogens (primary N) is 1. The highest BCUT2D eigenvalue weighted by atomic mass is 79.9. The average molecular weight is 535 g/mol. The van der Waals surface area contributed by atoms with Gasteiger partial charge in [0.15, 0.2) is 0 Å². The summed E-state index contributed by atoms with van der Waals surface area (Å²) in [5.74, 6) is -0.359. The van der Waals surface area contributed by atoms with Gasteiger partial charge >= 0.3 is 0 Å². The van der Waals surface area contributed by atoms with E-state index in [0.29, 0.717) is 5.56 Å². The SMILES string of the molecule is NC(=O)c1ccc(Br)c2c1CC1=C2CN(C(c2ccccc2)(c2ccccc2)c2ccccc2)CC1. The van der Waals surface area contributed by atoms with Crippen molar-refractivity contribution in [1.82, 2.24) is 4.90 Å². The monoisotopic (exact) mass is 534 g/mol. The smallest absolute Gasteiger partial charge is 0.249 e. The Morgan fingerprint density at radius 3 is 1.81 bits per heavy atom. The lowest BCUT2D eigenvalue weighted by molar-refractivity contribution is 0.0999. The van der Waals surface area contributed by atoms with Crippen molar-refractivity contribution in [3.05, 3.63) is 147 Å². The van der Waals surface area contributed by atoms with E-state index in [1.165, 1.54) is 27.8 Å². The molecule has 1 amide bonds. The van der Waals surface area contributed by atoms with Crippen molar-refractivity contribution >= 4 is 27.4 Å². The van der Waals surface area contributed by atoms with E-state index in [4.69, 9.17) is 5.73 Å². The maximum Gasteiger partial charge on any atom is 0.249 e. The van der Waals surface area contributed by atoms with E-state index in [1.807, 2.05) is 12.1 Å². The molecule has 1 aliphatic heterocycles. The lowest BCUT2D eigenvalue weighted by Gasteiger charge is -2.47. The van der Waals surface area contributed by atoms with E-state index in [9.17, 15) is 4.79 Å². The van der Waals surface area contributed by atoms with Gasteiger partial charge in [0.05, 0.1) is 5.54 Å². The Kier molecular flexibility index (Phi) is 5.87. The molecule has 0 bridgehead atoms. The number of carbonyl (C=O) groups is 1. The van der Waals surface area contributed by atoms with E-state index in [2.05, 4.69) is 112 Å². The molecule has 36 heavy (non-hydrogen) atoms. The molecule has 0 radical (unpaired) electrons. The van der Waals surface area contributed by atoms with Crippen LogP contribution in [0.5, 0.6) is 0 Å². The molecular formula is C32H27BrN2O. The van der Waals surface area contributed by atoms with Gasteiger partial charge in [-0.1, -0.05) is 112 Å². The van der Waals surface area contributed by atoms with Gasteiger partial charge in [0.25, 0.3) is 0 Å². The van der Waals surface area contributed by atoms with Gasteiger partial charge in [-0.15, -0.1) is 0 Å². The van der Waals surface area contributed by atoms with Crippen molar-refractivity contribution in [2.24, 2.45) is 5.73 Å². The second kappa shape index (κ2) is 9.20. The van der Waals surface area contributed by atoms with Crippen molar-refractivity contribution in [3.8, 4) is 0 Å². The van der Waals surface area contributed by atoms with Crippen molar-refractivity contribution in [1.29, 1.82) is 0 Å². The molecule has 178 valence electrons. The van der Waals surface area contributed by atoms with Crippen LogP contribution < -0.4 is 5.73 Å². The normalized spacial score (nSPS) is 15.5. The van der Waals surface area contributed by atoms with Crippen LogP contribution >= 0.6 is 15.9 Å². The summed E-state index contributed by atoms with van der Waals surface area (Å²) in [6.07, 6.45) is 1.74. The van der Waals surface area contributed by atoms with Crippen LogP contribution in [0.25, 0.3) is 5.57 Å². The molecule has 2 N–H and O–H groups in total. The van der Waals surface area contributed by atoms with E-state index < -0.39 is 5.54 Å². The average Bonchev–Trinajstić information content (AvgIpc) is 3.31. The second-order valence-corrected chi connectivity index (χ2v) is 10.4. The van der Waals surface area contributed by atoms with Crippen LogP contribution in [0.15, 0.2) is 113 Å². The number of primary amides is 1. The van der Waals surface area contributed by atoms with Gasteiger partial charge in [-0.2, -0.15) is 0 Å². The van der Waals surface area contributed by atoms with E-state index >= 15 is 0 Å². The van der Waals surface area contributed by atoms with Crippen molar-refractivity contribution in [2.45, 2.75) is 18.4 Å². The number of amides is 1. The molecule has 0 spiro atoms. The molecule has 2 aliphatic rings. The number of hydrogen-bond donors (Lipinski definition) is 1. The zero-order chi connectivity index (χ0) is 24.7. The number of halogens is 1. The van der Waals surface area contributed by atoms with Crippen LogP contribution in [0, 0.1) is 0 Å². The summed E-state index contributed by atoms with van der Waals surface area (Å²) in [5, 5.41) is 0. The van der Waals surface area contributed by atoms with Crippen LogP contribution in [0.4, 0.5) is 0 Å². The van der Waals surface area contributed by atoms with E-state index in [0.717, 1.165) is 41.5 Å². The fourth-order valence-electron chi connectivity index (χ4n) is 6.20. The number of hydrogen-bond acceptors (Lipinski definition) is 2. The molecule has 0 unspecified atom stereocenters. The third-order valence-electron chi connectivity index (χ3n) is 7.73. The Balaban J connectivity index is 1.56. The highest BCUT2D eigenvalue weighted by molar-refractivity contribution is 9.10. The molecule has 4 aromatic carbocycles. The predicted octanol–water partition coefficient (Wildman–Crippen LogP) is 6.56. The van der Waals surface area contributed by atoms with Crippen LogP contribution in [-0.2, 0) is 12.0 Å². The summed E-state index contributed by atoms with van der Waals surface area (Å²) in [4.78, 5) is 14.8. The standard InChI is InChI=1S/C32H27BrN2O/c33-29-17-16-26(31(34)36)27-20-22-18-19-35(21-28(22)30(27)29)32(23-10-4-1-5-11-23,24-12-6-2-7-13-24)25-14-8-3-9-15-25/h1-17H,18-21H2,(H2,34,36). The highest BCUT2D eigenvalue weighted by Gasteiger charge is 2.45. The molecule has 0 saturated carbocycles. The van der Waals surface area contributed by atoms with Crippen LogP contribution in [-0.4, -0.2) is 23.9 Å². The molecule has 0 aromatic heterocycles. The van der Waals surface area contributed by atoms with Crippen molar-refractivity contribution in [3.63, 3.8) is 0 Å². The quantitative estimate of drug-likeness (QED) is 0.295. The topological polar surface area (TPSA) is 46.3 Å². The molecule has 4 heteroatoms. The Bertz CT molecular complexity index is 1370. The summed E-state index contributed by atoms with van der Waals surface area (Å²) in [6.45, 7) is 1.69. The number of rotatable bonds is 5. The molecule has 1 heterocycles. The summed E-state index contributed by atoms with van der Waals surface area (Å²) < 4.78 is 1.03. The molecule has 0 atom stereocenters. The van der Waals surface area contributed by atoms with Crippen molar-refractivity contribution in [2.75, 3.05) is 13.1 Å². The number of carbonyl (C=O) groups excluding carboxylic acids is 1. The molecule has 0 fully saturated rings. The van der Waals surface area contributed by atoms with Gasteiger partial charge in [0, 0.05) is 23.1 Å². The molecule has 0 saturated heterocycles. The van der Waals surface area contributed by atoms with Gasteiger partial charge in [0.2, 0.25) is 5.91 Å². The first-order chi connectivity index (χ1) is 17.6. The Labute approximate surface area is 220 Å². The lowest BCUT2D eigenvalue weighted by Crippen LogP contribution is -2.50. The second-order valence-electron chi connectivity index (χ2n) is 9.55. The molecule has 6 rings (SSSR count). The number of nitrogens with zero attached hydrogens (tertiary/aromatic N) is 1. The lowest BCUT2D eigenvalue weighted by atomic mass is 9.74. The highest BCUT2D eigenvalue weighted by Crippen LogP contribution is 2.49. The maximum atomic E-state index is 12.2. The van der Waals surface area contributed by atoms with E-state index in [1.54, 1.807) is 0 Å². The summed E-state index contributed by atoms with van der Waals surface area (Å²) >= 11 is 3.79. The van der Waals surface area contributed by atoms with Gasteiger partial charge in [-0.05, 0) is 58.4 Å². The molecule has 4 aromatic rings. The third kappa shape index (κ3) is 3.56. The third-order valence-corrected chi connectivity index (χ3v) is 8.39. The van der Waals surface area contributed by atoms with Crippen molar-refractivity contribution < 1.29 is 4.79 Å². The van der Waals surface area contributed by atoms with Crippen LogP contribution in [0.3, 0.4) is 0 Å². The summed E-state index contributed by atoms with van der Waals surface area (Å²) in [5.41, 5.74) is 14.6. The van der Waals surface area contributed by atoms with Gasteiger partial charge < -0.3 is 5.73 Å². The fourth-order valence-corrected chi connectivity index (χ4v) is 6.81. The minimum atomic E-state index is -0.459. The molecule has 3 nitrogen and oxygen atoms in total. The summed E-state index contributed by atoms with van der Waals surface area (Å²) in [7, 11) is 0. The first kappa shape index (κ1) is 23.0. The minimum Gasteiger partial charge on any atom is -0.366 e. The zero-order valence-corrected chi connectivity index (χ0v) is 21.5. The first-order valence-electron chi connectivity index (χ1n) is 12.3. The largest absolute Gasteiger partial charge is 0.366 e.